The van der Waals surface area contributed by atoms with E-state index in [0.717, 1.165) is 17.2 Å². The molecule has 2 heterocycles. The smallest absolute Gasteiger partial charge is 0.163 e. The first-order valence-electron chi connectivity index (χ1n) is 4.21. The van der Waals surface area contributed by atoms with Gasteiger partial charge in [-0.3, -0.25) is 4.68 Å². The van der Waals surface area contributed by atoms with E-state index < -0.39 is 0 Å². The lowest BCUT2D eigenvalue weighted by Crippen LogP contribution is -1.92. The summed E-state index contributed by atoms with van der Waals surface area (Å²) >= 11 is 0. The van der Waals surface area contributed by atoms with E-state index in [9.17, 15) is 0 Å². The Morgan fingerprint density at radius 1 is 1.50 bits per heavy atom. The Labute approximate surface area is 81.4 Å². The molecule has 0 aromatic carbocycles. The van der Waals surface area contributed by atoms with Gasteiger partial charge >= 0.3 is 0 Å². The molecule has 2 rings (SSSR count). The number of aromatic nitrogens is 2. The van der Waals surface area contributed by atoms with Crippen molar-refractivity contribution in [2.24, 2.45) is 7.05 Å². The molecule has 4 heteroatoms. The molecule has 0 saturated heterocycles. The van der Waals surface area contributed by atoms with E-state index >= 15 is 0 Å². The zero-order valence-electron chi connectivity index (χ0n) is 7.98. The molecular weight excluding hydrogens is 178 g/mol. The van der Waals surface area contributed by atoms with E-state index in [0.29, 0.717) is 5.69 Å². The molecule has 14 heavy (non-hydrogen) atoms. The number of hydrogen-bond acceptors (Lipinski definition) is 3. The summed E-state index contributed by atoms with van der Waals surface area (Å²) < 4.78 is 7.07. The fourth-order valence-corrected chi connectivity index (χ4v) is 1.32. The van der Waals surface area contributed by atoms with Crippen molar-refractivity contribution in [3.63, 3.8) is 0 Å². The Balaban J connectivity index is 2.52. The molecule has 2 aromatic heterocycles. The number of nitriles is 1. The quantitative estimate of drug-likeness (QED) is 0.684. The Kier molecular flexibility index (Phi) is 1.86. The van der Waals surface area contributed by atoms with Crippen LogP contribution in [0.4, 0.5) is 0 Å². The fourth-order valence-electron chi connectivity index (χ4n) is 1.32. The Bertz CT molecular complexity index is 502. The standard InChI is InChI=1S/C10H9N3O/c1-7-3-4-10(14-7)9-5-8(6-11)12-13(9)2/h3-5H,1-2H3. The van der Waals surface area contributed by atoms with Crippen LogP contribution in [-0.4, -0.2) is 9.78 Å². The van der Waals surface area contributed by atoms with Crippen molar-refractivity contribution in [3.05, 3.63) is 29.7 Å². The molecule has 0 N–H and O–H groups in total. The number of hydrogen-bond donors (Lipinski definition) is 0. The molecule has 0 aliphatic carbocycles. The van der Waals surface area contributed by atoms with E-state index in [-0.39, 0.29) is 0 Å². The normalized spacial score (nSPS) is 10.1. The van der Waals surface area contributed by atoms with E-state index in [1.165, 1.54) is 0 Å². The van der Waals surface area contributed by atoms with Crippen LogP contribution in [0, 0.1) is 18.3 Å². The molecule has 0 aliphatic rings. The highest BCUT2D eigenvalue weighted by atomic mass is 16.3. The second-order valence-corrected chi connectivity index (χ2v) is 3.06. The minimum Gasteiger partial charge on any atom is -0.460 e. The van der Waals surface area contributed by atoms with Gasteiger partial charge in [-0.2, -0.15) is 10.4 Å². The van der Waals surface area contributed by atoms with Gasteiger partial charge in [0.1, 0.15) is 17.5 Å². The van der Waals surface area contributed by atoms with E-state index in [4.69, 9.17) is 9.68 Å². The number of furan rings is 1. The highest BCUT2D eigenvalue weighted by molar-refractivity contribution is 5.54. The van der Waals surface area contributed by atoms with Crippen LogP contribution in [0.25, 0.3) is 11.5 Å². The summed E-state index contributed by atoms with van der Waals surface area (Å²) in [6.45, 7) is 1.88. The summed E-state index contributed by atoms with van der Waals surface area (Å²) in [6, 6.07) is 7.45. The van der Waals surface area contributed by atoms with Crippen molar-refractivity contribution >= 4 is 0 Å². The van der Waals surface area contributed by atoms with Crippen molar-refractivity contribution in [2.75, 3.05) is 0 Å². The van der Waals surface area contributed by atoms with Gasteiger partial charge in [0, 0.05) is 13.1 Å². The van der Waals surface area contributed by atoms with Crippen molar-refractivity contribution in [3.8, 4) is 17.5 Å². The van der Waals surface area contributed by atoms with E-state index in [2.05, 4.69) is 5.10 Å². The minimum atomic E-state index is 0.400. The van der Waals surface area contributed by atoms with Gasteiger partial charge < -0.3 is 4.42 Å². The second-order valence-electron chi connectivity index (χ2n) is 3.06. The summed E-state index contributed by atoms with van der Waals surface area (Å²) in [5.74, 6) is 1.58. The fraction of sp³-hybridized carbons (Fsp3) is 0.200. The molecule has 70 valence electrons. The third kappa shape index (κ3) is 1.29. The molecule has 0 unspecified atom stereocenters. The zero-order valence-corrected chi connectivity index (χ0v) is 7.98. The lowest BCUT2D eigenvalue weighted by Gasteiger charge is -1.95. The molecular formula is C10H9N3O. The third-order valence-electron chi connectivity index (χ3n) is 1.99. The van der Waals surface area contributed by atoms with Crippen molar-refractivity contribution in [1.82, 2.24) is 9.78 Å². The molecule has 0 saturated carbocycles. The van der Waals surface area contributed by atoms with Gasteiger partial charge in [0.15, 0.2) is 11.5 Å². The molecule has 0 bridgehead atoms. The van der Waals surface area contributed by atoms with Crippen LogP contribution >= 0.6 is 0 Å². The summed E-state index contributed by atoms with van der Waals surface area (Å²) in [4.78, 5) is 0. The molecule has 0 aliphatic heterocycles. The average molecular weight is 187 g/mol. The number of nitrogens with zero attached hydrogens (tertiary/aromatic N) is 3. The largest absolute Gasteiger partial charge is 0.460 e. The first-order valence-corrected chi connectivity index (χ1v) is 4.21. The lowest BCUT2D eigenvalue weighted by atomic mass is 10.3. The third-order valence-corrected chi connectivity index (χ3v) is 1.99. The van der Waals surface area contributed by atoms with Gasteiger partial charge in [0.2, 0.25) is 0 Å². The van der Waals surface area contributed by atoms with Crippen LogP contribution in [0.15, 0.2) is 22.6 Å². The zero-order chi connectivity index (χ0) is 10.1. The molecule has 0 spiro atoms. The van der Waals surface area contributed by atoms with Gasteiger partial charge in [-0.15, -0.1) is 0 Å². The Morgan fingerprint density at radius 3 is 2.79 bits per heavy atom. The maximum Gasteiger partial charge on any atom is 0.163 e. The summed E-state index contributed by atoms with van der Waals surface area (Å²) in [5.41, 5.74) is 1.21. The summed E-state index contributed by atoms with van der Waals surface area (Å²) in [7, 11) is 1.79. The average Bonchev–Trinajstić information content (AvgIpc) is 2.71. The van der Waals surface area contributed by atoms with Gasteiger partial charge in [-0.25, -0.2) is 0 Å². The first kappa shape index (κ1) is 8.57. The van der Waals surface area contributed by atoms with E-state index in [1.54, 1.807) is 17.8 Å². The van der Waals surface area contributed by atoms with Crippen molar-refractivity contribution < 1.29 is 4.42 Å². The number of aryl methyl sites for hydroxylation is 2. The molecule has 4 nitrogen and oxygen atoms in total. The molecule has 0 atom stereocenters. The van der Waals surface area contributed by atoms with Crippen LogP contribution in [0.3, 0.4) is 0 Å². The van der Waals surface area contributed by atoms with Gasteiger partial charge in [-0.1, -0.05) is 0 Å². The van der Waals surface area contributed by atoms with Gasteiger partial charge in [0.05, 0.1) is 0 Å². The Hall–Kier alpha value is -2.02. The van der Waals surface area contributed by atoms with Gasteiger partial charge in [-0.05, 0) is 19.1 Å². The highest BCUT2D eigenvalue weighted by Crippen LogP contribution is 2.21. The minimum absolute atomic E-state index is 0.400. The maximum atomic E-state index is 8.67. The first-order chi connectivity index (χ1) is 6.70. The van der Waals surface area contributed by atoms with Crippen LogP contribution in [0.5, 0.6) is 0 Å². The van der Waals surface area contributed by atoms with Crippen LogP contribution < -0.4 is 0 Å². The topological polar surface area (TPSA) is 54.8 Å². The molecule has 2 aromatic rings. The lowest BCUT2D eigenvalue weighted by molar-refractivity contribution is 0.541. The highest BCUT2D eigenvalue weighted by Gasteiger charge is 2.09. The number of rotatable bonds is 1. The SMILES string of the molecule is Cc1ccc(-c2cc(C#N)nn2C)o1. The van der Waals surface area contributed by atoms with Crippen LogP contribution in [0.1, 0.15) is 11.5 Å². The monoisotopic (exact) mass is 187 g/mol. The molecule has 0 amide bonds. The Morgan fingerprint density at radius 2 is 2.29 bits per heavy atom. The molecule has 0 radical (unpaired) electrons. The summed E-state index contributed by atoms with van der Waals surface area (Å²) in [5, 5.41) is 12.7. The van der Waals surface area contributed by atoms with Gasteiger partial charge in [0.25, 0.3) is 0 Å². The summed E-state index contributed by atoms with van der Waals surface area (Å²) in [6.07, 6.45) is 0. The van der Waals surface area contributed by atoms with Crippen LogP contribution in [0.2, 0.25) is 0 Å². The predicted molar refractivity (Wildman–Crippen MR) is 50.4 cm³/mol. The predicted octanol–water partition coefficient (Wildman–Crippen LogP) is 1.86. The van der Waals surface area contributed by atoms with E-state index in [1.807, 2.05) is 25.1 Å². The second kappa shape index (κ2) is 3.04. The molecule has 0 fully saturated rings. The van der Waals surface area contributed by atoms with Crippen molar-refractivity contribution in [1.29, 1.82) is 5.26 Å². The van der Waals surface area contributed by atoms with Crippen molar-refractivity contribution in [2.45, 2.75) is 6.92 Å². The van der Waals surface area contributed by atoms with Crippen LogP contribution in [-0.2, 0) is 7.05 Å². The maximum absolute atomic E-state index is 8.67.